The summed E-state index contributed by atoms with van der Waals surface area (Å²) in [6, 6.07) is 11.4. The van der Waals surface area contributed by atoms with Crippen molar-refractivity contribution in [2.75, 3.05) is 32.6 Å². The van der Waals surface area contributed by atoms with Gasteiger partial charge in [0, 0.05) is 19.8 Å². The fraction of sp³-hybridized carbons (Fsp3) is 0.278. The van der Waals surface area contributed by atoms with E-state index >= 15 is 0 Å². The molecule has 0 radical (unpaired) electrons. The highest BCUT2D eigenvalue weighted by Gasteiger charge is 2.05. The molecule has 2 aromatic rings. The molecule has 0 bridgehead atoms. The predicted octanol–water partition coefficient (Wildman–Crippen LogP) is 1.44. The number of nitrogens with one attached hydrogen (secondary N) is 3. The van der Waals surface area contributed by atoms with Gasteiger partial charge in [-0.25, -0.2) is 0 Å². The second kappa shape index (κ2) is 9.92. The highest BCUT2D eigenvalue weighted by atomic mass is 16.5. The third-order valence-electron chi connectivity index (χ3n) is 3.46. The molecule has 7 heteroatoms. The van der Waals surface area contributed by atoms with Crippen molar-refractivity contribution in [1.82, 2.24) is 15.6 Å². The Hall–Kier alpha value is -3.09. The summed E-state index contributed by atoms with van der Waals surface area (Å²) >= 11 is 0. The molecule has 0 fully saturated rings. The number of hydrogen-bond acceptors (Lipinski definition) is 4. The monoisotopic (exact) mass is 341 g/mol. The van der Waals surface area contributed by atoms with Gasteiger partial charge in [-0.3, -0.25) is 14.8 Å². The largest absolute Gasteiger partial charge is 0.496 e. The fourth-order valence-corrected chi connectivity index (χ4v) is 2.25. The predicted molar refractivity (Wildman–Crippen MR) is 98.9 cm³/mol. The standard InChI is InChI=1S/C18H23N5O2/c1-19-18(21-11-9-14-6-3-4-8-16(14)25-2)22-13-17(24)23-15-7-5-10-20-12-15/h3-8,10,12H,9,11,13H2,1-2H3,(H,23,24)(H2,19,21,22). The number of carbonyl (C=O) groups excluding carboxylic acids is 1. The van der Waals surface area contributed by atoms with Gasteiger partial charge in [0.25, 0.3) is 0 Å². The lowest BCUT2D eigenvalue weighted by molar-refractivity contribution is -0.115. The first-order valence-corrected chi connectivity index (χ1v) is 7.99. The van der Waals surface area contributed by atoms with E-state index in [1.54, 1.807) is 38.7 Å². The molecule has 3 N–H and O–H groups in total. The van der Waals surface area contributed by atoms with Gasteiger partial charge in [-0.1, -0.05) is 18.2 Å². The van der Waals surface area contributed by atoms with E-state index in [0.717, 1.165) is 17.7 Å². The maximum absolute atomic E-state index is 11.9. The fourth-order valence-electron chi connectivity index (χ4n) is 2.25. The molecular formula is C18H23N5O2. The maximum atomic E-state index is 11.9. The Morgan fingerprint density at radius 1 is 1.20 bits per heavy atom. The van der Waals surface area contributed by atoms with E-state index in [2.05, 4.69) is 25.9 Å². The number of anilines is 1. The van der Waals surface area contributed by atoms with Crippen LogP contribution in [-0.4, -0.2) is 44.1 Å². The number of para-hydroxylation sites is 1. The van der Waals surface area contributed by atoms with Crippen molar-refractivity contribution in [3.05, 3.63) is 54.4 Å². The Morgan fingerprint density at radius 2 is 2.04 bits per heavy atom. The minimum Gasteiger partial charge on any atom is -0.496 e. The SMILES string of the molecule is CN=C(NCCc1ccccc1OC)NCC(=O)Nc1cccnc1. The van der Waals surface area contributed by atoms with Crippen LogP contribution in [0, 0.1) is 0 Å². The maximum Gasteiger partial charge on any atom is 0.243 e. The van der Waals surface area contributed by atoms with E-state index in [1.165, 1.54) is 0 Å². The van der Waals surface area contributed by atoms with Gasteiger partial charge in [0.05, 0.1) is 25.5 Å². The van der Waals surface area contributed by atoms with Crippen LogP contribution >= 0.6 is 0 Å². The summed E-state index contributed by atoms with van der Waals surface area (Å²) in [6.45, 7) is 0.785. The molecule has 1 heterocycles. The molecule has 132 valence electrons. The van der Waals surface area contributed by atoms with Crippen molar-refractivity contribution in [2.24, 2.45) is 4.99 Å². The zero-order chi connectivity index (χ0) is 17.9. The molecule has 1 amide bonds. The Labute approximate surface area is 147 Å². The average Bonchev–Trinajstić information content (AvgIpc) is 2.65. The number of nitrogens with zero attached hydrogens (tertiary/aromatic N) is 2. The van der Waals surface area contributed by atoms with E-state index in [1.807, 2.05) is 24.3 Å². The van der Waals surface area contributed by atoms with Crippen molar-refractivity contribution < 1.29 is 9.53 Å². The molecule has 7 nitrogen and oxygen atoms in total. The number of aromatic nitrogens is 1. The van der Waals surface area contributed by atoms with Gasteiger partial charge < -0.3 is 20.7 Å². The van der Waals surface area contributed by atoms with Crippen LogP contribution < -0.4 is 20.7 Å². The number of pyridine rings is 1. The van der Waals surface area contributed by atoms with Crippen LogP contribution in [0.2, 0.25) is 0 Å². The summed E-state index contributed by atoms with van der Waals surface area (Å²) in [5.41, 5.74) is 1.77. The van der Waals surface area contributed by atoms with E-state index in [0.29, 0.717) is 18.2 Å². The number of benzene rings is 1. The van der Waals surface area contributed by atoms with Crippen LogP contribution in [0.25, 0.3) is 0 Å². The second-order valence-electron chi connectivity index (χ2n) is 5.20. The van der Waals surface area contributed by atoms with Gasteiger partial charge in [0.15, 0.2) is 5.96 Å². The van der Waals surface area contributed by atoms with Gasteiger partial charge in [0.2, 0.25) is 5.91 Å². The third kappa shape index (κ3) is 6.14. The molecule has 0 saturated heterocycles. The lowest BCUT2D eigenvalue weighted by Gasteiger charge is -2.13. The summed E-state index contributed by atoms with van der Waals surface area (Å²) in [5.74, 6) is 1.26. The van der Waals surface area contributed by atoms with Gasteiger partial charge in [-0.05, 0) is 30.2 Å². The number of hydrogen-bond donors (Lipinski definition) is 3. The first kappa shape index (κ1) is 18.3. The highest BCUT2D eigenvalue weighted by Crippen LogP contribution is 2.17. The zero-order valence-corrected chi connectivity index (χ0v) is 14.5. The normalized spacial score (nSPS) is 10.9. The van der Waals surface area contributed by atoms with Crippen LogP contribution in [-0.2, 0) is 11.2 Å². The molecule has 0 spiro atoms. The molecule has 0 atom stereocenters. The first-order chi connectivity index (χ1) is 12.2. The van der Waals surface area contributed by atoms with E-state index in [4.69, 9.17) is 4.74 Å². The van der Waals surface area contributed by atoms with Crippen LogP contribution in [0.15, 0.2) is 53.8 Å². The van der Waals surface area contributed by atoms with E-state index < -0.39 is 0 Å². The number of rotatable bonds is 7. The zero-order valence-electron chi connectivity index (χ0n) is 14.5. The molecular weight excluding hydrogens is 318 g/mol. The lowest BCUT2D eigenvalue weighted by atomic mass is 10.1. The lowest BCUT2D eigenvalue weighted by Crippen LogP contribution is -2.42. The summed E-state index contributed by atoms with van der Waals surface area (Å²) < 4.78 is 5.33. The smallest absolute Gasteiger partial charge is 0.243 e. The minimum absolute atomic E-state index is 0.114. The molecule has 0 aliphatic rings. The molecule has 0 saturated carbocycles. The molecule has 1 aromatic heterocycles. The van der Waals surface area contributed by atoms with Crippen molar-refractivity contribution in [3.8, 4) is 5.75 Å². The van der Waals surface area contributed by atoms with E-state index in [9.17, 15) is 4.79 Å². The molecule has 1 aromatic carbocycles. The Morgan fingerprint density at radius 3 is 2.76 bits per heavy atom. The highest BCUT2D eigenvalue weighted by molar-refractivity contribution is 5.94. The Balaban J connectivity index is 1.74. The van der Waals surface area contributed by atoms with Gasteiger partial charge in [-0.15, -0.1) is 0 Å². The topological polar surface area (TPSA) is 87.6 Å². The van der Waals surface area contributed by atoms with Crippen molar-refractivity contribution in [3.63, 3.8) is 0 Å². The molecule has 0 unspecified atom stereocenters. The summed E-state index contributed by atoms with van der Waals surface area (Å²) in [6.07, 6.45) is 4.03. The summed E-state index contributed by atoms with van der Waals surface area (Å²) in [5, 5.41) is 8.91. The van der Waals surface area contributed by atoms with Crippen LogP contribution in [0.1, 0.15) is 5.56 Å². The Kier molecular flexibility index (Phi) is 7.24. The minimum atomic E-state index is -0.166. The molecule has 2 rings (SSSR count). The van der Waals surface area contributed by atoms with Gasteiger partial charge >= 0.3 is 0 Å². The number of ether oxygens (including phenoxy) is 1. The van der Waals surface area contributed by atoms with Gasteiger partial charge in [-0.2, -0.15) is 0 Å². The summed E-state index contributed by atoms with van der Waals surface area (Å²) in [4.78, 5) is 20.0. The van der Waals surface area contributed by atoms with Crippen molar-refractivity contribution >= 4 is 17.6 Å². The third-order valence-corrected chi connectivity index (χ3v) is 3.46. The van der Waals surface area contributed by atoms with Gasteiger partial charge in [0.1, 0.15) is 5.75 Å². The number of amides is 1. The second-order valence-corrected chi connectivity index (χ2v) is 5.20. The number of methoxy groups -OCH3 is 1. The molecule has 0 aliphatic heterocycles. The molecule has 0 aliphatic carbocycles. The van der Waals surface area contributed by atoms with Crippen molar-refractivity contribution in [2.45, 2.75) is 6.42 Å². The van der Waals surface area contributed by atoms with E-state index in [-0.39, 0.29) is 12.5 Å². The van der Waals surface area contributed by atoms with Crippen LogP contribution in [0.3, 0.4) is 0 Å². The quantitative estimate of drug-likeness (QED) is 0.524. The summed E-state index contributed by atoms with van der Waals surface area (Å²) in [7, 11) is 3.32. The number of guanidine groups is 1. The average molecular weight is 341 g/mol. The molecule has 25 heavy (non-hydrogen) atoms. The Bertz CT molecular complexity index is 704. The number of aliphatic imine (C=N–C) groups is 1. The van der Waals surface area contributed by atoms with Crippen molar-refractivity contribution in [1.29, 1.82) is 0 Å². The number of carbonyl (C=O) groups is 1. The van der Waals surface area contributed by atoms with Crippen LogP contribution in [0.4, 0.5) is 5.69 Å². The van der Waals surface area contributed by atoms with Crippen LogP contribution in [0.5, 0.6) is 5.75 Å². The first-order valence-electron chi connectivity index (χ1n) is 7.99.